The quantitative estimate of drug-likeness (QED) is 0.250. The zero-order valence-corrected chi connectivity index (χ0v) is 20.9. The van der Waals surface area contributed by atoms with Gasteiger partial charge in [-0.1, -0.05) is 53.7 Å². The number of rotatable bonds is 6. The molecule has 0 radical (unpaired) electrons. The van der Waals surface area contributed by atoms with Gasteiger partial charge in [-0.25, -0.2) is 9.99 Å². The number of fused-ring (bicyclic) bond motifs is 3. The molecular weight excluding hydrogens is 510 g/mol. The van der Waals surface area contributed by atoms with Crippen LogP contribution in [-0.4, -0.2) is 42.8 Å². The van der Waals surface area contributed by atoms with E-state index >= 15 is 0 Å². The van der Waals surface area contributed by atoms with Crippen LogP contribution in [0, 0.1) is 27.2 Å². The number of hydrogen-bond acceptors (Lipinski definition) is 10. The molecule has 0 bridgehead atoms. The number of thioether (sulfide) groups is 1. The average molecular weight is 530 g/mol. The van der Waals surface area contributed by atoms with Crippen LogP contribution >= 0.6 is 11.8 Å². The van der Waals surface area contributed by atoms with E-state index in [1.807, 2.05) is 55.5 Å². The monoisotopic (exact) mass is 529 g/mol. The second-order valence-electron chi connectivity index (χ2n) is 8.74. The van der Waals surface area contributed by atoms with E-state index in [9.17, 15) is 20.2 Å². The predicted molar refractivity (Wildman–Crippen MR) is 141 cm³/mol. The van der Waals surface area contributed by atoms with Crippen molar-refractivity contribution in [3.05, 3.63) is 98.1 Å². The van der Waals surface area contributed by atoms with Crippen LogP contribution in [0.5, 0.6) is 5.75 Å². The van der Waals surface area contributed by atoms with Crippen molar-refractivity contribution >= 4 is 34.7 Å². The molecule has 0 amide bonds. The van der Waals surface area contributed by atoms with Crippen molar-refractivity contribution in [3.8, 4) is 17.1 Å². The van der Waals surface area contributed by atoms with E-state index in [1.165, 1.54) is 23.9 Å². The number of anilines is 1. The fourth-order valence-corrected chi connectivity index (χ4v) is 5.78. The van der Waals surface area contributed by atoms with Crippen molar-refractivity contribution in [1.29, 1.82) is 0 Å². The molecule has 6 rings (SSSR count). The summed E-state index contributed by atoms with van der Waals surface area (Å²) in [6, 6.07) is 18.3. The third kappa shape index (κ3) is 3.84. The molecule has 38 heavy (non-hydrogen) atoms. The molecule has 0 aliphatic carbocycles. The molecule has 12 nitrogen and oxygen atoms in total. The van der Waals surface area contributed by atoms with E-state index < -0.39 is 21.6 Å². The second kappa shape index (κ2) is 8.95. The Kier molecular flexibility index (Phi) is 5.56. The lowest BCUT2D eigenvalue weighted by atomic mass is 10.0. The predicted octanol–water partition coefficient (Wildman–Crippen LogP) is 4.98. The molecule has 0 fully saturated rings. The molecule has 3 aromatic carbocycles. The summed E-state index contributed by atoms with van der Waals surface area (Å²) in [5, 5.41) is 34.7. The highest BCUT2D eigenvalue weighted by atomic mass is 32.2. The minimum atomic E-state index is -0.660. The number of non-ortho nitro benzene ring substituents is 1. The van der Waals surface area contributed by atoms with Gasteiger partial charge in [0.15, 0.2) is 16.8 Å². The third-order valence-electron chi connectivity index (χ3n) is 6.42. The fourth-order valence-electron chi connectivity index (χ4n) is 4.53. The zero-order chi connectivity index (χ0) is 26.6. The summed E-state index contributed by atoms with van der Waals surface area (Å²) >= 11 is 1.47. The van der Waals surface area contributed by atoms with Crippen LogP contribution in [0.2, 0.25) is 0 Å². The van der Waals surface area contributed by atoms with Gasteiger partial charge >= 0.3 is 5.69 Å². The number of aryl methyl sites for hydroxylation is 1. The van der Waals surface area contributed by atoms with Gasteiger partial charge in [0.05, 0.1) is 29.1 Å². The van der Waals surface area contributed by atoms with E-state index in [2.05, 4.69) is 0 Å². The van der Waals surface area contributed by atoms with Gasteiger partial charge < -0.3 is 4.74 Å². The normalized spacial score (nSPS) is 17.6. The lowest BCUT2D eigenvalue weighted by molar-refractivity contribution is -0.393. The Bertz CT molecular complexity index is 1620. The topological polar surface area (TPSA) is 142 Å². The standard InChI is InChI=1S/C25H19N7O5S/c1-14-3-5-16(6-4-14)23-26-25-30(27-23)24-22(38-25)21(15-7-10-18(37-2)11-8-15)29(28-24)19-12-9-17(31(33)34)13-20(19)32(35)36/h3-13,21-22H,1-2H3/t21-,22-/m1/s1. The van der Waals surface area contributed by atoms with Crippen molar-refractivity contribution in [2.75, 3.05) is 12.1 Å². The molecule has 0 N–H and O–H groups in total. The fraction of sp³-hybridized carbons (Fsp3) is 0.160. The Morgan fingerprint density at radius 1 is 0.974 bits per heavy atom. The molecule has 0 spiro atoms. The molecule has 2 aliphatic heterocycles. The summed E-state index contributed by atoms with van der Waals surface area (Å²) in [7, 11) is 1.57. The molecule has 0 unspecified atom stereocenters. The lowest BCUT2D eigenvalue weighted by Gasteiger charge is -2.26. The zero-order valence-electron chi connectivity index (χ0n) is 20.1. The van der Waals surface area contributed by atoms with Crippen molar-refractivity contribution in [1.82, 2.24) is 14.8 Å². The number of ether oxygens (including phenoxy) is 1. The summed E-state index contributed by atoms with van der Waals surface area (Å²) < 4.78 is 6.96. The van der Waals surface area contributed by atoms with Gasteiger partial charge in [-0.3, -0.25) is 20.2 Å². The minimum Gasteiger partial charge on any atom is -0.497 e. The highest BCUT2D eigenvalue weighted by Gasteiger charge is 2.48. The van der Waals surface area contributed by atoms with Gasteiger partial charge in [0, 0.05) is 11.6 Å². The van der Waals surface area contributed by atoms with Crippen molar-refractivity contribution < 1.29 is 14.6 Å². The van der Waals surface area contributed by atoms with Gasteiger partial charge in [0.2, 0.25) is 0 Å². The van der Waals surface area contributed by atoms with Crippen LogP contribution in [-0.2, 0) is 0 Å². The SMILES string of the molecule is COc1ccc([C@@H]2[C@H]3Sc4nc(-c5ccc(C)cc5)nn4C3=NN2c2ccc([N+](=O)[O-])cc2[N+](=O)[O-])cc1. The highest BCUT2D eigenvalue weighted by Crippen LogP contribution is 2.49. The van der Waals surface area contributed by atoms with Gasteiger partial charge in [0.1, 0.15) is 16.7 Å². The Labute approximate surface area is 219 Å². The maximum absolute atomic E-state index is 12.0. The number of methoxy groups -OCH3 is 1. The average Bonchev–Trinajstić information content (AvgIpc) is 3.58. The number of hydrazone groups is 1. The second-order valence-corrected chi connectivity index (χ2v) is 9.85. The van der Waals surface area contributed by atoms with E-state index in [1.54, 1.807) is 16.8 Å². The van der Waals surface area contributed by atoms with Crippen LogP contribution in [0.1, 0.15) is 17.2 Å². The van der Waals surface area contributed by atoms with Crippen LogP contribution < -0.4 is 9.75 Å². The van der Waals surface area contributed by atoms with Crippen molar-refractivity contribution in [2.45, 2.75) is 23.4 Å². The number of nitro benzene ring substituents is 2. The lowest BCUT2D eigenvalue weighted by Crippen LogP contribution is -2.27. The molecule has 0 saturated heterocycles. The number of nitro groups is 2. The first-order chi connectivity index (χ1) is 18.3. The summed E-state index contributed by atoms with van der Waals surface area (Å²) in [5.41, 5.74) is 2.18. The molecule has 2 atom stereocenters. The molecule has 3 heterocycles. The molecule has 1 aromatic heterocycles. The van der Waals surface area contributed by atoms with Gasteiger partial charge in [0.25, 0.3) is 5.69 Å². The highest BCUT2D eigenvalue weighted by molar-refractivity contribution is 8.01. The Morgan fingerprint density at radius 2 is 1.71 bits per heavy atom. The third-order valence-corrected chi connectivity index (χ3v) is 7.62. The molecule has 190 valence electrons. The molecule has 13 heteroatoms. The van der Waals surface area contributed by atoms with Crippen LogP contribution in [0.15, 0.2) is 77.0 Å². The maximum atomic E-state index is 12.0. The van der Waals surface area contributed by atoms with Crippen LogP contribution in [0.25, 0.3) is 11.4 Å². The number of aromatic nitrogens is 3. The molecule has 2 aliphatic rings. The number of benzene rings is 3. The smallest absolute Gasteiger partial charge is 0.301 e. The van der Waals surface area contributed by atoms with E-state index in [-0.39, 0.29) is 16.6 Å². The molecule has 4 aromatic rings. The molecule has 0 saturated carbocycles. The Balaban J connectivity index is 1.47. The minimum absolute atomic E-state index is 0.143. The van der Waals surface area contributed by atoms with Crippen molar-refractivity contribution in [2.24, 2.45) is 5.10 Å². The van der Waals surface area contributed by atoms with Crippen LogP contribution in [0.3, 0.4) is 0 Å². The maximum Gasteiger partial charge on any atom is 0.301 e. The van der Waals surface area contributed by atoms with Gasteiger partial charge in [-0.2, -0.15) is 9.78 Å². The van der Waals surface area contributed by atoms with Gasteiger partial charge in [-0.15, -0.1) is 5.10 Å². The first-order valence-electron chi connectivity index (χ1n) is 11.5. The van der Waals surface area contributed by atoms with Crippen LogP contribution in [0.4, 0.5) is 17.1 Å². The Morgan fingerprint density at radius 3 is 2.37 bits per heavy atom. The van der Waals surface area contributed by atoms with E-state index in [0.717, 1.165) is 22.8 Å². The van der Waals surface area contributed by atoms with Gasteiger partial charge in [-0.05, 0) is 30.7 Å². The first kappa shape index (κ1) is 23.6. The summed E-state index contributed by atoms with van der Waals surface area (Å²) in [6.07, 6.45) is 0. The summed E-state index contributed by atoms with van der Waals surface area (Å²) in [5.74, 6) is 1.79. The summed E-state index contributed by atoms with van der Waals surface area (Å²) in [6.45, 7) is 2.00. The van der Waals surface area contributed by atoms with E-state index in [4.69, 9.17) is 19.9 Å². The first-order valence-corrected chi connectivity index (χ1v) is 12.4. The Hall–Kier alpha value is -4.78. The summed E-state index contributed by atoms with van der Waals surface area (Å²) in [4.78, 5) is 26.7. The largest absolute Gasteiger partial charge is 0.497 e. The van der Waals surface area contributed by atoms with Crippen molar-refractivity contribution in [3.63, 3.8) is 0 Å². The van der Waals surface area contributed by atoms with E-state index in [0.29, 0.717) is 22.6 Å². The molecular formula is C25H19N7O5S. The number of nitrogens with zero attached hydrogens (tertiary/aromatic N) is 7. The number of hydrogen-bond donors (Lipinski definition) is 0.